The van der Waals surface area contributed by atoms with E-state index in [1.54, 1.807) is 27.0 Å². The van der Waals surface area contributed by atoms with E-state index < -0.39 is 45.3 Å². The van der Waals surface area contributed by atoms with Crippen LogP contribution in [-0.4, -0.2) is 59.4 Å². The Hall–Kier alpha value is -2.70. The number of ether oxygens (including phenoxy) is 2. The van der Waals surface area contributed by atoms with Gasteiger partial charge in [-0.3, -0.25) is 4.90 Å². The monoisotopic (exact) mass is 552 g/mol. The molecule has 12 heteroatoms. The van der Waals surface area contributed by atoms with Crippen LogP contribution in [0, 0.1) is 17.6 Å². The first-order valence-electron chi connectivity index (χ1n) is 12.6. The highest BCUT2D eigenvalue weighted by molar-refractivity contribution is 7.91. The third kappa shape index (κ3) is 6.65. The first-order chi connectivity index (χ1) is 17.7. The van der Waals surface area contributed by atoms with Gasteiger partial charge in [0.2, 0.25) is 15.0 Å². The fourth-order valence-corrected chi connectivity index (χ4v) is 6.27. The van der Waals surface area contributed by atoms with E-state index in [9.17, 15) is 22.0 Å². The first kappa shape index (κ1) is 28.3. The Morgan fingerprint density at radius 1 is 1.26 bits per heavy atom. The highest BCUT2D eigenvalue weighted by Crippen LogP contribution is 2.35. The summed E-state index contributed by atoms with van der Waals surface area (Å²) in [6.45, 7) is 9.85. The van der Waals surface area contributed by atoms with Crippen molar-refractivity contribution in [2.45, 2.75) is 83.1 Å². The summed E-state index contributed by atoms with van der Waals surface area (Å²) in [5.41, 5.74) is 0.697. The van der Waals surface area contributed by atoms with E-state index in [2.05, 4.69) is 20.2 Å². The van der Waals surface area contributed by atoms with Gasteiger partial charge in [-0.05, 0) is 51.3 Å². The summed E-state index contributed by atoms with van der Waals surface area (Å²) in [6.07, 6.45) is 0.288. The van der Waals surface area contributed by atoms with Gasteiger partial charge >= 0.3 is 6.09 Å². The molecule has 3 heterocycles. The maximum absolute atomic E-state index is 14.7. The molecule has 3 atom stereocenters. The number of hydrogen-bond acceptors (Lipinski definition) is 8. The molecule has 1 saturated heterocycles. The van der Waals surface area contributed by atoms with E-state index in [1.165, 1.54) is 0 Å². The largest absolute Gasteiger partial charge is 0.444 e. The van der Waals surface area contributed by atoms with Gasteiger partial charge in [-0.2, -0.15) is 0 Å². The van der Waals surface area contributed by atoms with Crippen molar-refractivity contribution in [3.05, 3.63) is 52.9 Å². The molecule has 38 heavy (non-hydrogen) atoms. The molecule has 2 aromatic rings. The molecular formula is C26H34F2N4O5S. The molecule has 0 saturated carbocycles. The maximum Gasteiger partial charge on any atom is 0.407 e. The number of amides is 1. The molecule has 0 unspecified atom stereocenters. The van der Waals surface area contributed by atoms with E-state index in [0.29, 0.717) is 25.2 Å². The van der Waals surface area contributed by atoms with Crippen LogP contribution in [0.3, 0.4) is 0 Å². The van der Waals surface area contributed by atoms with E-state index in [-0.39, 0.29) is 35.0 Å². The second-order valence-electron chi connectivity index (χ2n) is 11.3. The molecule has 0 bridgehead atoms. The number of aromatic nitrogens is 2. The minimum absolute atomic E-state index is 0.0140. The van der Waals surface area contributed by atoms with Gasteiger partial charge in [0.05, 0.1) is 24.1 Å². The number of nitrogens with one attached hydrogen (secondary N) is 1. The summed E-state index contributed by atoms with van der Waals surface area (Å²) in [4.78, 5) is 23.1. The molecular weight excluding hydrogens is 518 g/mol. The highest BCUT2D eigenvalue weighted by Gasteiger charge is 2.40. The summed E-state index contributed by atoms with van der Waals surface area (Å²) < 4.78 is 65.3. The molecule has 2 aliphatic heterocycles. The summed E-state index contributed by atoms with van der Waals surface area (Å²) >= 11 is 0. The van der Waals surface area contributed by atoms with Crippen molar-refractivity contribution < 1.29 is 31.5 Å². The number of halogens is 2. The number of sulfone groups is 1. The van der Waals surface area contributed by atoms with Crippen LogP contribution < -0.4 is 5.32 Å². The van der Waals surface area contributed by atoms with Gasteiger partial charge in [0, 0.05) is 36.5 Å². The lowest BCUT2D eigenvalue weighted by Gasteiger charge is -2.40. The maximum atomic E-state index is 14.7. The van der Waals surface area contributed by atoms with Crippen LogP contribution in [0.5, 0.6) is 0 Å². The Bertz CT molecular complexity index is 1300. The topological polar surface area (TPSA) is 111 Å². The molecule has 1 aromatic carbocycles. The van der Waals surface area contributed by atoms with E-state index >= 15 is 0 Å². The van der Waals surface area contributed by atoms with Crippen LogP contribution in [-0.2, 0) is 32.4 Å². The average Bonchev–Trinajstić information content (AvgIpc) is 3.22. The molecule has 0 spiro atoms. The van der Waals surface area contributed by atoms with Gasteiger partial charge in [0.15, 0.2) is 0 Å². The van der Waals surface area contributed by atoms with Crippen LogP contribution in [0.2, 0.25) is 0 Å². The minimum atomic E-state index is -3.60. The predicted octanol–water partition coefficient (Wildman–Crippen LogP) is 3.92. The Kier molecular flexibility index (Phi) is 8.06. The van der Waals surface area contributed by atoms with Crippen molar-refractivity contribution in [2.75, 3.05) is 12.4 Å². The number of carbonyl (C=O) groups is 1. The fourth-order valence-electron chi connectivity index (χ4n) is 4.78. The second-order valence-corrected chi connectivity index (χ2v) is 13.2. The van der Waals surface area contributed by atoms with Gasteiger partial charge in [-0.25, -0.2) is 32.0 Å². The molecule has 0 aliphatic carbocycles. The Labute approximate surface area is 221 Å². The highest BCUT2D eigenvalue weighted by atomic mass is 32.2. The third-order valence-electron chi connectivity index (χ3n) is 6.33. The van der Waals surface area contributed by atoms with Crippen molar-refractivity contribution in [3.8, 4) is 0 Å². The summed E-state index contributed by atoms with van der Waals surface area (Å²) in [7, 11) is -3.60. The molecule has 9 nitrogen and oxygen atoms in total. The number of rotatable bonds is 6. The molecule has 0 radical (unpaired) electrons. The van der Waals surface area contributed by atoms with Gasteiger partial charge < -0.3 is 14.8 Å². The molecule has 1 N–H and O–H groups in total. The normalized spacial score (nSPS) is 22.4. The zero-order valence-electron chi connectivity index (χ0n) is 22.2. The molecule has 1 fully saturated rings. The van der Waals surface area contributed by atoms with E-state index in [0.717, 1.165) is 23.8 Å². The summed E-state index contributed by atoms with van der Waals surface area (Å²) in [5.74, 6) is -1.34. The number of benzene rings is 1. The smallest absolute Gasteiger partial charge is 0.407 e. The van der Waals surface area contributed by atoms with Crippen molar-refractivity contribution in [1.29, 1.82) is 0 Å². The average molecular weight is 553 g/mol. The third-order valence-corrected chi connectivity index (χ3v) is 8.19. The summed E-state index contributed by atoms with van der Waals surface area (Å²) in [6, 6.07) is 2.21. The molecule has 1 amide bonds. The standard InChI is InChI=1S/C26H34F2N4O5S/c1-15(2)14-38(34,35)24-29-10-16-11-32(12-22(16)30-24)18-9-21(31-25(33)37-26(3,4)5)23(36-13-18)19-8-17(27)6-7-20(19)28/h6-8,10,15,18,21,23H,9,11-14H2,1-5H3,(H,31,33)/t18-,21+,23-/m1/s1. The lowest BCUT2D eigenvalue weighted by Crippen LogP contribution is -2.52. The quantitative estimate of drug-likeness (QED) is 0.537. The fraction of sp³-hybridized carbons (Fsp3) is 0.577. The Morgan fingerprint density at radius 3 is 2.68 bits per heavy atom. The van der Waals surface area contributed by atoms with Gasteiger partial charge in [0.1, 0.15) is 23.3 Å². The van der Waals surface area contributed by atoms with Crippen LogP contribution in [0.15, 0.2) is 29.6 Å². The summed E-state index contributed by atoms with van der Waals surface area (Å²) in [5, 5.41) is 2.60. The van der Waals surface area contributed by atoms with Crippen LogP contribution in [0.4, 0.5) is 13.6 Å². The number of alkyl carbamates (subject to hydrolysis) is 1. The van der Waals surface area contributed by atoms with Gasteiger partial charge in [-0.1, -0.05) is 13.8 Å². The lowest BCUT2D eigenvalue weighted by atomic mass is 9.92. The van der Waals surface area contributed by atoms with Gasteiger partial charge in [0.25, 0.3) is 0 Å². The van der Waals surface area contributed by atoms with Crippen molar-refractivity contribution >= 4 is 15.9 Å². The zero-order chi connectivity index (χ0) is 27.8. The van der Waals surface area contributed by atoms with E-state index in [1.807, 2.05) is 13.8 Å². The van der Waals surface area contributed by atoms with Gasteiger partial charge in [-0.15, -0.1) is 0 Å². The number of carbonyl (C=O) groups excluding carboxylic acids is 1. The lowest BCUT2D eigenvalue weighted by molar-refractivity contribution is -0.0628. The Balaban J connectivity index is 1.53. The second kappa shape index (κ2) is 10.8. The van der Waals surface area contributed by atoms with Crippen LogP contribution in [0.25, 0.3) is 0 Å². The van der Waals surface area contributed by atoms with Crippen molar-refractivity contribution in [1.82, 2.24) is 20.2 Å². The molecule has 4 rings (SSSR count). The molecule has 208 valence electrons. The van der Waals surface area contributed by atoms with Crippen LogP contribution >= 0.6 is 0 Å². The predicted molar refractivity (Wildman–Crippen MR) is 135 cm³/mol. The van der Waals surface area contributed by atoms with Crippen molar-refractivity contribution in [3.63, 3.8) is 0 Å². The zero-order valence-corrected chi connectivity index (χ0v) is 23.0. The van der Waals surface area contributed by atoms with Crippen molar-refractivity contribution in [2.24, 2.45) is 5.92 Å². The SMILES string of the molecule is CC(C)CS(=O)(=O)c1ncc2c(n1)CN([C@H]1CO[C@H](c3cc(F)ccc3F)[C@@H](NC(=O)OC(C)(C)C)C1)C2. The Morgan fingerprint density at radius 2 is 2.00 bits per heavy atom. The molecule has 2 aliphatic rings. The number of nitrogens with zero attached hydrogens (tertiary/aromatic N) is 3. The molecule has 1 aromatic heterocycles. The van der Waals surface area contributed by atoms with E-state index in [4.69, 9.17) is 9.47 Å². The first-order valence-corrected chi connectivity index (χ1v) is 14.2. The minimum Gasteiger partial charge on any atom is -0.444 e. The number of fused-ring (bicyclic) bond motifs is 1. The number of hydrogen-bond donors (Lipinski definition) is 1. The van der Waals surface area contributed by atoms with Crippen LogP contribution in [0.1, 0.15) is 64.0 Å².